The number of carbonyl (C=O) groups is 3. The minimum atomic E-state index is -0.444. The standard InChI is InChI=1S/C23H13ClINO4S/c24-15-4-3-5-16(13-15)26-21(27)20(31-23(26)29)12-14-8-10-17(11-9-14)30-22(28)18-6-1-2-7-19(18)25/h1-13H/b20-12-. The number of thioether (sulfide) groups is 1. The van der Waals surface area contributed by atoms with Crippen molar-refractivity contribution in [1.82, 2.24) is 0 Å². The number of esters is 1. The summed E-state index contributed by atoms with van der Waals surface area (Å²) >= 11 is 8.92. The summed E-state index contributed by atoms with van der Waals surface area (Å²) in [6.07, 6.45) is 1.63. The molecule has 0 aliphatic carbocycles. The van der Waals surface area contributed by atoms with Crippen LogP contribution < -0.4 is 9.64 Å². The number of rotatable bonds is 4. The van der Waals surface area contributed by atoms with Crippen molar-refractivity contribution in [3.8, 4) is 5.75 Å². The minimum absolute atomic E-state index is 0.300. The smallest absolute Gasteiger partial charge is 0.344 e. The molecule has 31 heavy (non-hydrogen) atoms. The second-order valence-electron chi connectivity index (χ2n) is 6.44. The number of ether oxygens (including phenoxy) is 1. The van der Waals surface area contributed by atoms with E-state index in [1.54, 1.807) is 66.7 Å². The molecule has 1 saturated heterocycles. The van der Waals surface area contributed by atoms with Crippen molar-refractivity contribution in [2.45, 2.75) is 0 Å². The Morgan fingerprint density at radius 1 is 1.00 bits per heavy atom. The van der Waals surface area contributed by atoms with E-state index in [1.165, 1.54) is 0 Å². The lowest BCUT2D eigenvalue weighted by atomic mass is 10.2. The first kappa shape index (κ1) is 21.6. The highest BCUT2D eigenvalue weighted by atomic mass is 127. The molecule has 0 atom stereocenters. The lowest BCUT2D eigenvalue weighted by Crippen LogP contribution is -2.27. The van der Waals surface area contributed by atoms with Gasteiger partial charge in [0.1, 0.15) is 5.75 Å². The van der Waals surface area contributed by atoms with E-state index >= 15 is 0 Å². The van der Waals surface area contributed by atoms with Gasteiger partial charge in [0.15, 0.2) is 0 Å². The highest BCUT2D eigenvalue weighted by molar-refractivity contribution is 14.1. The summed E-state index contributed by atoms with van der Waals surface area (Å²) in [6, 6.07) is 20.4. The van der Waals surface area contributed by atoms with Crippen LogP contribution in [0.25, 0.3) is 6.08 Å². The van der Waals surface area contributed by atoms with Crippen LogP contribution in [0.4, 0.5) is 10.5 Å². The van der Waals surface area contributed by atoms with Gasteiger partial charge in [-0.05, 0) is 88.5 Å². The van der Waals surface area contributed by atoms with Crippen molar-refractivity contribution >= 4 is 74.8 Å². The van der Waals surface area contributed by atoms with Gasteiger partial charge in [0.25, 0.3) is 11.1 Å². The summed E-state index contributed by atoms with van der Waals surface area (Å²) in [4.78, 5) is 38.8. The van der Waals surface area contributed by atoms with E-state index in [0.717, 1.165) is 20.2 Å². The normalized spacial score (nSPS) is 14.9. The maximum absolute atomic E-state index is 12.7. The van der Waals surface area contributed by atoms with Gasteiger partial charge in [0.2, 0.25) is 0 Å². The van der Waals surface area contributed by atoms with E-state index in [1.807, 2.05) is 12.1 Å². The van der Waals surface area contributed by atoms with Crippen LogP contribution in [0.3, 0.4) is 0 Å². The van der Waals surface area contributed by atoms with E-state index < -0.39 is 11.9 Å². The number of imide groups is 1. The Hall–Kier alpha value is -2.62. The summed E-state index contributed by atoms with van der Waals surface area (Å²) in [5.41, 5.74) is 1.61. The number of amides is 2. The first-order valence-corrected chi connectivity index (χ1v) is 11.3. The number of carbonyl (C=O) groups excluding carboxylic acids is 3. The van der Waals surface area contributed by atoms with Crippen LogP contribution in [0.2, 0.25) is 5.02 Å². The Kier molecular flexibility index (Phi) is 6.45. The zero-order valence-electron chi connectivity index (χ0n) is 15.7. The first-order valence-electron chi connectivity index (χ1n) is 9.03. The third kappa shape index (κ3) is 4.84. The number of hydrogen-bond donors (Lipinski definition) is 0. The topological polar surface area (TPSA) is 63.7 Å². The molecule has 2 amide bonds. The van der Waals surface area contributed by atoms with Crippen LogP contribution >= 0.6 is 46.0 Å². The van der Waals surface area contributed by atoms with Gasteiger partial charge < -0.3 is 4.74 Å². The van der Waals surface area contributed by atoms with Gasteiger partial charge in [-0.25, -0.2) is 9.69 Å². The van der Waals surface area contributed by atoms with E-state index in [4.69, 9.17) is 16.3 Å². The van der Waals surface area contributed by atoms with Crippen LogP contribution in [-0.2, 0) is 4.79 Å². The summed E-state index contributed by atoms with van der Waals surface area (Å²) in [6.45, 7) is 0. The van der Waals surface area contributed by atoms with Gasteiger partial charge in [-0.3, -0.25) is 9.59 Å². The molecule has 0 aromatic heterocycles. The highest BCUT2D eigenvalue weighted by Crippen LogP contribution is 2.36. The fourth-order valence-electron chi connectivity index (χ4n) is 2.88. The van der Waals surface area contributed by atoms with Crippen molar-refractivity contribution in [2.75, 3.05) is 4.90 Å². The molecule has 0 N–H and O–H groups in total. The molecule has 0 radical (unpaired) electrons. The van der Waals surface area contributed by atoms with Crippen LogP contribution in [0, 0.1) is 3.57 Å². The number of nitrogens with zero attached hydrogens (tertiary/aromatic N) is 1. The Labute approximate surface area is 201 Å². The van der Waals surface area contributed by atoms with Crippen LogP contribution in [-0.4, -0.2) is 17.1 Å². The van der Waals surface area contributed by atoms with Gasteiger partial charge >= 0.3 is 5.97 Å². The molecule has 1 aliphatic rings. The Morgan fingerprint density at radius 2 is 1.74 bits per heavy atom. The molecule has 0 spiro atoms. The molecule has 4 rings (SSSR count). The van der Waals surface area contributed by atoms with E-state index in [0.29, 0.717) is 32.5 Å². The molecule has 3 aromatic carbocycles. The van der Waals surface area contributed by atoms with Gasteiger partial charge in [0.05, 0.1) is 16.2 Å². The minimum Gasteiger partial charge on any atom is -0.423 e. The third-order valence-electron chi connectivity index (χ3n) is 4.34. The maximum atomic E-state index is 12.7. The van der Waals surface area contributed by atoms with Crippen molar-refractivity contribution < 1.29 is 19.1 Å². The Bertz CT molecular complexity index is 1230. The second-order valence-corrected chi connectivity index (χ2v) is 9.03. The molecule has 0 unspecified atom stereocenters. The number of hydrogen-bond acceptors (Lipinski definition) is 5. The fraction of sp³-hybridized carbons (Fsp3) is 0. The van der Waals surface area contributed by atoms with Crippen LogP contribution in [0.15, 0.2) is 77.7 Å². The average Bonchev–Trinajstić information content (AvgIpc) is 3.02. The van der Waals surface area contributed by atoms with Crippen molar-refractivity contribution in [3.63, 3.8) is 0 Å². The van der Waals surface area contributed by atoms with E-state index in [9.17, 15) is 14.4 Å². The van der Waals surface area contributed by atoms with Gasteiger partial charge in [0, 0.05) is 8.59 Å². The lowest BCUT2D eigenvalue weighted by molar-refractivity contribution is -0.113. The SMILES string of the molecule is O=C(Oc1ccc(/C=C2\SC(=O)N(c3cccc(Cl)c3)C2=O)cc1)c1ccccc1I. The second kappa shape index (κ2) is 9.25. The average molecular weight is 562 g/mol. The fourth-order valence-corrected chi connectivity index (χ4v) is 4.51. The largest absolute Gasteiger partial charge is 0.423 e. The molecule has 1 aliphatic heterocycles. The highest BCUT2D eigenvalue weighted by Gasteiger charge is 2.36. The zero-order chi connectivity index (χ0) is 22.0. The maximum Gasteiger partial charge on any atom is 0.344 e. The predicted molar refractivity (Wildman–Crippen MR) is 130 cm³/mol. The quantitative estimate of drug-likeness (QED) is 0.160. The molecule has 0 bridgehead atoms. The molecule has 1 fully saturated rings. The first-order chi connectivity index (χ1) is 14.9. The van der Waals surface area contributed by atoms with Crippen LogP contribution in [0.1, 0.15) is 15.9 Å². The molecule has 154 valence electrons. The Morgan fingerprint density at radius 3 is 2.45 bits per heavy atom. The third-order valence-corrected chi connectivity index (χ3v) is 6.39. The molecular formula is C23H13ClINO4S. The number of anilines is 1. The Balaban J connectivity index is 1.49. The van der Waals surface area contributed by atoms with Crippen LogP contribution in [0.5, 0.6) is 5.75 Å². The molecule has 3 aromatic rings. The van der Waals surface area contributed by atoms with Gasteiger partial charge in [-0.2, -0.15) is 0 Å². The molecule has 1 heterocycles. The van der Waals surface area contributed by atoms with E-state index in [-0.39, 0.29) is 5.24 Å². The summed E-state index contributed by atoms with van der Waals surface area (Å²) < 4.78 is 6.22. The van der Waals surface area contributed by atoms with Gasteiger partial charge in [-0.1, -0.05) is 41.9 Å². The number of halogens is 2. The summed E-state index contributed by atoms with van der Waals surface area (Å²) in [7, 11) is 0. The monoisotopic (exact) mass is 561 g/mol. The lowest BCUT2D eigenvalue weighted by Gasteiger charge is -2.12. The van der Waals surface area contributed by atoms with Crippen molar-refractivity contribution in [3.05, 3.63) is 97.4 Å². The van der Waals surface area contributed by atoms with E-state index in [2.05, 4.69) is 22.6 Å². The number of benzene rings is 3. The molecule has 0 saturated carbocycles. The molecule has 8 heteroatoms. The predicted octanol–water partition coefficient (Wildman–Crippen LogP) is 6.40. The summed E-state index contributed by atoms with van der Waals surface area (Å²) in [5, 5.41) is 0.0531. The summed E-state index contributed by atoms with van der Waals surface area (Å²) in [5.74, 6) is -0.472. The molecular weight excluding hydrogens is 549 g/mol. The van der Waals surface area contributed by atoms with Crippen molar-refractivity contribution in [2.24, 2.45) is 0 Å². The van der Waals surface area contributed by atoms with Crippen molar-refractivity contribution in [1.29, 1.82) is 0 Å². The zero-order valence-corrected chi connectivity index (χ0v) is 19.5. The molecule has 5 nitrogen and oxygen atoms in total. The van der Waals surface area contributed by atoms with Gasteiger partial charge in [-0.15, -0.1) is 0 Å².